The van der Waals surface area contributed by atoms with Crippen LogP contribution in [0.3, 0.4) is 0 Å². The SMILES string of the molecule is CO[C@@H]1CN(C[C@@H]2CCc3cccnc3[C@@H](O)C2)CC[C@H]1c1cnc(F)cc1C. The Balaban J connectivity index is 1.40. The zero-order valence-electron chi connectivity index (χ0n) is 17.2. The Morgan fingerprint density at radius 1 is 1.31 bits per heavy atom. The van der Waals surface area contributed by atoms with E-state index in [1.54, 1.807) is 19.5 Å². The standard InChI is InChI=1S/C23H30FN3O2/c1-15-10-22(24)26-12-19(15)18-7-9-27(14-21(18)29-2)13-16-5-6-17-4-3-8-25-23(17)20(28)11-16/h3-4,8,10,12,16,18,20-21,28H,5-7,9,11,13-14H2,1-2H3/t16-,18+,20+,21-/m1/s1. The molecule has 1 fully saturated rings. The Kier molecular flexibility index (Phi) is 6.23. The van der Waals surface area contributed by atoms with Gasteiger partial charge in [-0.1, -0.05) is 6.07 Å². The smallest absolute Gasteiger partial charge is 0.213 e. The van der Waals surface area contributed by atoms with Crippen molar-refractivity contribution >= 4 is 0 Å². The van der Waals surface area contributed by atoms with Gasteiger partial charge in [-0.15, -0.1) is 0 Å². The second-order valence-electron chi connectivity index (χ2n) is 8.50. The second-order valence-corrected chi connectivity index (χ2v) is 8.50. The molecule has 0 unspecified atom stereocenters. The van der Waals surface area contributed by atoms with Crippen molar-refractivity contribution in [3.8, 4) is 0 Å². The number of nitrogens with zero attached hydrogens (tertiary/aromatic N) is 3. The fourth-order valence-corrected chi connectivity index (χ4v) is 5.06. The van der Waals surface area contributed by atoms with E-state index in [0.717, 1.165) is 62.1 Å². The molecule has 4 rings (SSSR count). The number of aromatic nitrogens is 2. The van der Waals surface area contributed by atoms with Crippen molar-refractivity contribution in [1.29, 1.82) is 0 Å². The minimum atomic E-state index is -0.484. The molecule has 156 valence electrons. The van der Waals surface area contributed by atoms with E-state index >= 15 is 0 Å². The number of aliphatic hydroxyl groups is 1. The maximum atomic E-state index is 13.4. The normalized spacial score (nSPS) is 28.0. The van der Waals surface area contributed by atoms with Crippen LogP contribution in [0.2, 0.25) is 0 Å². The van der Waals surface area contributed by atoms with Crippen LogP contribution in [-0.2, 0) is 11.2 Å². The van der Waals surface area contributed by atoms with Crippen LogP contribution in [0.5, 0.6) is 0 Å². The molecule has 0 radical (unpaired) electrons. The number of aliphatic hydroxyl groups excluding tert-OH is 1. The van der Waals surface area contributed by atoms with Crippen LogP contribution in [0, 0.1) is 18.8 Å². The van der Waals surface area contributed by atoms with Crippen LogP contribution in [-0.4, -0.2) is 52.8 Å². The quantitative estimate of drug-likeness (QED) is 0.631. The van der Waals surface area contributed by atoms with Gasteiger partial charge in [0.15, 0.2) is 0 Å². The van der Waals surface area contributed by atoms with Crippen LogP contribution in [0.1, 0.15) is 53.7 Å². The topological polar surface area (TPSA) is 58.5 Å². The van der Waals surface area contributed by atoms with Crippen LogP contribution in [0.4, 0.5) is 4.39 Å². The molecule has 1 aliphatic heterocycles. The zero-order chi connectivity index (χ0) is 20.4. The summed E-state index contributed by atoms with van der Waals surface area (Å²) >= 11 is 0. The van der Waals surface area contributed by atoms with Crippen molar-refractivity contribution in [2.45, 2.75) is 50.7 Å². The third-order valence-corrected chi connectivity index (χ3v) is 6.60. The first-order chi connectivity index (χ1) is 14.0. The fourth-order valence-electron chi connectivity index (χ4n) is 5.06. The predicted octanol–water partition coefficient (Wildman–Crippen LogP) is 3.41. The average Bonchev–Trinajstić information content (AvgIpc) is 2.87. The Hall–Kier alpha value is -1.89. The molecule has 29 heavy (non-hydrogen) atoms. The van der Waals surface area contributed by atoms with Gasteiger partial charge >= 0.3 is 0 Å². The third-order valence-electron chi connectivity index (χ3n) is 6.60. The van der Waals surface area contributed by atoms with E-state index in [9.17, 15) is 9.50 Å². The van der Waals surface area contributed by atoms with Gasteiger partial charge in [0.2, 0.25) is 5.95 Å². The van der Waals surface area contributed by atoms with Gasteiger partial charge in [0.05, 0.1) is 17.9 Å². The van der Waals surface area contributed by atoms with E-state index in [1.807, 2.05) is 13.0 Å². The summed E-state index contributed by atoms with van der Waals surface area (Å²) in [5, 5.41) is 10.6. The van der Waals surface area contributed by atoms with E-state index in [1.165, 1.54) is 11.6 Å². The molecule has 5 nitrogen and oxygen atoms in total. The highest BCUT2D eigenvalue weighted by molar-refractivity contribution is 5.28. The summed E-state index contributed by atoms with van der Waals surface area (Å²) < 4.78 is 19.2. The van der Waals surface area contributed by atoms with E-state index in [-0.39, 0.29) is 12.0 Å². The number of fused-ring (bicyclic) bond motifs is 1. The minimum absolute atomic E-state index is 0.0595. The van der Waals surface area contributed by atoms with Crippen molar-refractivity contribution in [1.82, 2.24) is 14.9 Å². The van der Waals surface area contributed by atoms with Crippen LogP contribution in [0.15, 0.2) is 30.6 Å². The van der Waals surface area contributed by atoms with Crippen molar-refractivity contribution in [2.24, 2.45) is 5.92 Å². The van der Waals surface area contributed by atoms with Crippen molar-refractivity contribution in [3.05, 3.63) is 58.9 Å². The van der Waals surface area contributed by atoms with E-state index in [0.29, 0.717) is 5.92 Å². The van der Waals surface area contributed by atoms with Crippen LogP contribution < -0.4 is 0 Å². The summed E-state index contributed by atoms with van der Waals surface area (Å²) in [4.78, 5) is 10.7. The molecule has 2 aromatic rings. The van der Waals surface area contributed by atoms with Gasteiger partial charge in [-0.05, 0) is 73.9 Å². The monoisotopic (exact) mass is 399 g/mol. The van der Waals surface area contributed by atoms with Crippen LogP contribution >= 0.6 is 0 Å². The van der Waals surface area contributed by atoms with E-state index in [4.69, 9.17) is 4.74 Å². The summed E-state index contributed by atoms with van der Waals surface area (Å²) in [5.74, 6) is 0.236. The Bertz CT molecular complexity index is 847. The molecule has 0 amide bonds. The molecule has 1 saturated heterocycles. The zero-order valence-corrected chi connectivity index (χ0v) is 17.2. The maximum Gasteiger partial charge on any atom is 0.213 e. The molecule has 0 aromatic carbocycles. The first-order valence-corrected chi connectivity index (χ1v) is 10.5. The van der Waals surface area contributed by atoms with Crippen LogP contribution in [0.25, 0.3) is 0 Å². The summed E-state index contributed by atoms with van der Waals surface area (Å²) in [6.07, 6.45) is 6.76. The second kappa shape index (κ2) is 8.86. The maximum absolute atomic E-state index is 13.4. The van der Waals surface area contributed by atoms with Gasteiger partial charge in [0, 0.05) is 38.5 Å². The lowest BCUT2D eigenvalue weighted by atomic mass is 9.85. The molecule has 6 heteroatoms. The lowest BCUT2D eigenvalue weighted by Crippen LogP contribution is -2.45. The Morgan fingerprint density at radius 2 is 2.17 bits per heavy atom. The van der Waals surface area contributed by atoms with Gasteiger partial charge in [-0.25, -0.2) is 4.98 Å². The first-order valence-electron chi connectivity index (χ1n) is 10.5. The molecule has 0 bridgehead atoms. The molecule has 0 spiro atoms. The molecule has 1 aliphatic carbocycles. The number of pyridine rings is 2. The summed E-state index contributed by atoms with van der Waals surface area (Å²) in [6.45, 7) is 4.71. The highest BCUT2D eigenvalue weighted by Crippen LogP contribution is 2.35. The molecule has 4 atom stereocenters. The largest absolute Gasteiger partial charge is 0.387 e. The molecule has 1 N–H and O–H groups in total. The predicted molar refractivity (Wildman–Crippen MR) is 109 cm³/mol. The molecule has 2 aromatic heterocycles. The first kappa shape index (κ1) is 20.4. The number of methoxy groups -OCH3 is 1. The number of hydrogen-bond donors (Lipinski definition) is 1. The van der Waals surface area contributed by atoms with Gasteiger partial charge in [-0.3, -0.25) is 4.98 Å². The average molecular weight is 400 g/mol. The van der Waals surface area contributed by atoms with Gasteiger partial charge in [0.25, 0.3) is 0 Å². The van der Waals surface area contributed by atoms with Gasteiger partial charge in [0.1, 0.15) is 0 Å². The lowest BCUT2D eigenvalue weighted by Gasteiger charge is -2.39. The molecule has 0 saturated carbocycles. The Labute approximate surface area is 171 Å². The molecule has 3 heterocycles. The van der Waals surface area contributed by atoms with Crippen molar-refractivity contribution in [2.75, 3.05) is 26.7 Å². The number of hydrogen-bond acceptors (Lipinski definition) is 5. The number of ether oxygens (including phenoxy) is 1. The number of aryl methyl sites for hydroxylation is 2. The fraction of sp³-hybridized carbons (Fsp3) is 0.565. The van der Waals surface area contributed by atoms with E-state index < -0.39 is 12.1 Å². The number of piperidine rings is 1. The Morgan fingerprint density at radius 3 is 2.97 bits per heavy atom. The summed E-state index contributed by atoms with van der Waals surface area (Å²) in [7, 11) is 1.76. The summed E-state index contributed by atoms with van der Waals surface area (Å²) in [5.41, 5.74) is 4.05. The third kappa shape index (κ3) is 4.49. The summed E-state index contributed by atoms with van der Waals surface area (Å²) in [6, 6.07) is 5.54. The lowest BCUT2D eigenvalue weighted by molar-refractivity contribution is 0.00599. The van der Waals surface area contributed by atoms with Crippen molar-refractivity contribution < 1.29 is 14.2 Å². The number of rotatable bonds is 4. The highest BCUT2D eigenvalue weighted by Gasteiger charge is 2.33. The highest BCUT2D eigenvalue weighted by atomic mass is 19.1. The molecular weight excluding hydrogens is 369 g/mol. The molecule has 2 aliphatic rings. The van der Waals surface area contributed by atoms with Crippen molar-refractivity contribution in [3.63, 3.8) is 0 Å². The van der Waals surface area contributed by atoms with Gasteiger partial charge in [-0.2, -0.15) is 4.39 Å². The number of likely N-dealkylation sites (tertiary alicyclic amines) is 1. The number of halogens is 1. The van der Waals surface area contributed by atoms with Gasteiger partial charge < -0.3 is 14.7 Å². The van der Waals surface area contributed by atoms with E-state index in [2.05, 4.69) is 20.9 Å². The molecular formula is C23H30FN3O2. The minimum Gasteiger partial charge on any atom is -0.387 e.